The van der Waals surface area contributed by atoms with Gasteiger partial charge in [-0.25, -0.2) is 4.79 Å². The van der Waals surface area contributed by atoms with Crippen LogP contribution in [-0.4, -0.2) is 51.0 Å². The van der Waals surface area contributed by atoms with Gasteiger partial charge in [0.25, 0.3) is 0 Å². The Hall–Kier alpha value is -2.64. The molecule has 8 heteroatoms. The van der Waals surface area contributed by atoms with Crippen LogP contribution in [0, 0.1) is 0 Å². The van der Waals surface area contributed by atoms with E-state index in [9.17, 15) is 9.59 Å². The average molecular weight is 325 g/mol. The normalized spacial score (nSPS) is 9.83. The van der Waals surface area contributed by atoms with Gasteiger partial charge >= 0.3 is 12.0 Å². The molecule has 0 radical (unpaired) electrons. The summed E-state index contributed by atoms with van der Waals surface area (Å²) in [6, 6.07) is 5.11. The largest absolute Gasteiger partial charge is 0.497 e. The van der Waals surface area contributed by atoms with Crippen LogP contribution in [0.5, 0.6) is 11.5 Å². The lowest BCUT2D eigenvalue weighted by Gasteiger charge is -2.11. The summed E-state index contributed by atoms with van der Waals surface area (Å²) in [4.78, 5) is 21.8. The van der Waals surface area contributed by atoms with Crippen molar-refractivity contribution < 1.29 is 24.2 Å². The first-order chi connectivity index (χ1) is 11.0. The first-order valence-corrected chi connectivity index (χ1v) is 7.25. The molecule has 0 heterocycles. The fourth-order valence-electron chi connectivity index (χ4n) is 1.80. The van der Waals surface area contributed by atoms with Gasteiger partial charge in [-0.05, 0) is 6.42 Å². The summed E-state index contributed by atoms with van der Waals surface area (Å²) < 4.78 is 10.3. The number of benzene rings is 1. The van der Waals surface area contributed by atoms with Crippen molar-refractivity contribution in [3.8, 4) is 11.5 Å². The maximum Gasteiger partial charge on any atom is 0.314 e. The molecule has 8 nitrogen and oxygen atoms in total. The van der Waals surface area contributed by atoms with E-state index in [-0.39, 0.29) is 12.5 Å². The van der Waals surface area contributed by atoms with Gasteiger partial charge in [0.15, 0.2) is 0 Å². The molecule has 0 saturated carbocycles. The zero-order valence-corrected chi connectivity index (χ0v) is 13.3. The number of nitrogens with one attached hydrogen (secondary N) is 3. The zero-order valence-electron chi connectivity index (χ0n) is 13.3. The molecule has 0 spiro atoms. The smallest absolute Gasteiger partial charge is 0.314 e. The predicted molar refractivity (Wildman–Crippen MR) is 86.3 cm³/mol. The molecule has 1 aromatic rings. The quantitative estimate of drug-likeness (QED) is 0.483. The Bertz CT molecular complexity index is 500. The summed E-state index contributed by atoms with van der Waals surface area (Å²) in [5, 5.41) is 16.9. The van der Waals surface area contributed by atoms with Gasteiger partial charge in [-0.2, -0.15) is 0 Å². The lowest BCUT2D eigenvalue weighted by Crippen LogP contribution is -2.38. The van der Waals surface area contributed by atoms with E-state index in [1.165, 1.54) is 0 Å². The van der Waals surface area contributed by atoms with Gasteiger partial charge in [-0.1, -0.05) is 0 Å². The third-order valence-electron chi connectivity index (χ3n) is 2.94. The molecule has 0 aliphatic rings. The van der Waals surface area contributed by atoms with E-state index in [1.807, 2.05) is 12.1 Å². The Balaban J connectivity index is 2.24. The van der Waals surface area contributed by atoms with Gasteiger partial charge in [0.05, 0.1) is 14.2 Å². The van der Waals surface area contributed by atoms with E-state index in [4.69, 9.17) is 14.6 Å². The van der Waals surface area contributed by atoms with Crippen LogP contribution in [0.1, 0.15) is 12.8 Å². The number of carbonyl (C=O) groups excluding carboxylic acids is 1. The lowest BCUT2D eigenvalue weighted by atomic mass is 10.2. The Morgan fingerprint density at radius 2 is 1.61 bits per heavy atom. The second kappa shape index (κ2) is 10.1. The van der Waals surface area contributed by atoms with Crippen molar-refractivity contribution in [2.75, 3.05) is 39.2 Å². The van der Waals surface area contributed by atoms with Crippen LogP contribution >= 0.6 is 0 Å². The molecule has 1 aromatic carbocycles. The second-order valence-electron chi connectivity index (χ2n) is 4.71. The fraction of sp³-hybridized carbons (Fsp3) is 0.467. The second-order valence-corrected chi connectivity index (χ2v) is 4.71. The van der Waals surface area contributed by atoms with Crippen molar-refractivity contribution in [1.82, 2.24) is 10.6 Å². The molecule has 0 aliphatic carbocycles. The van der Waals surface area contributed by atoms with E-state index in [0.29, 0.717) is 37.6 Å². The first kappa shape index (κ1) is 18.4. The van der Waals surface area contributed by atoms with Gasteiger partial charge in [0, 0.05) is 49.9 Å². The summed E-state index contributed by atoms with van der Waals surface area (Å²) >= 11 is 0. The van der Waals surface area contributed by atoms with Crippen molar-refractivity contribution in [3.63, 3.8) is 0 Å². The first-order valence-electron chi connectivity index (χ1n) is 7.25. The minimum absolute atomic E-state index is 0.0412. The number of carboxylic acids is 1. The summed E-state index contributed by atoms with van der Waals surface area (Å²) in [6.45, 7) is 1.28. The molecule has 23 heavy (non-hydrogen) atoms. The van der Waals surface area contributed by atoms with Gasteiger partial charge < -0.3 is 30.5 Å². The SMILES string of the molecule is COc1cc(NCCNC(=O)NCCCC(=O)O)cc(OC)c1. The molecule has 4 N–H and O–H groups in total. The maximum atomic E-state index is 11.5. The molecule has 0 aliphatic heterocycles. The van der Waals surface area contributed by atoms with Gasteiger partial charge in [0.2, 0.25) is 0 Å². The van der Waals surface area contributed by atoms with Crippen LogP contribution < -0.4 is 25.4 Å². The van der Waals surface area contributed by atoms with E-state index in [0.717, 1.165) is 5.69 Å². The lowest BCUT2D eigenvalue weighted by molar-refractivity contribution is -0.137. The molecular formula is C15H23N3O5. The van der Waals surface area contributed by atoms with Crippen LogP contribution in [0.4, 0.5) is 10.5 Å². The van der Waals surface area contributed by atoms with Crippen LogP contribution in [0.15, 0.2) is 18.2 Å². The number of urea groups is 1. The van der Waals surface area contributed by atoms with E-state index < -0.39 is 5.97 Å². The molecule has 0 fully saturated rings. The summed E-state index contributed by atoms with van der Waals surface area (Å²) in [6.07, 6.45) is 0.449. The molecular weight excluding hydrogens is 302 g/mol. The minimum atomic E-state index is -0.870. The molecule has 1 rings (SSSR count). The molecule has 0 aromatic heterocycles. The van der Waals surface area contributed by atoms with Crippen molar-refractivity contribution >= 4 is 17.7 Å². The number of anilines is 1. The highest BCUT2D eigenvalue weighted by Crippen LogP contribution is 2.25. The molecule has 0 unspecified atom stereocenters. The Labute approximate surface area is 135 Å². The highest BCUT2D eigenvalue weighted by atomic mass is 16.5. The Morgan fingerprint density at radius 1 is 1.00 bits per heavy atom. The van der Waals surface area contributed by atoms with Crippen LogP contribution in [0.3, 0.4) is 0 Å². The third-order valence-corrected chi connectivity index (χ3v) is 2.94. The standard InChI is InChI=1S/C15H23N3O5/c1-22-12-8-11(9-13(10-12)23-2)16-6-7-18-15(21)17-5-3-4-14(19)20/h8-10,16H,3-7H2,1-2H3,(H,19,20)(H2,17,18,21). The van der Waals surface area contributed by atoms with Crippen LogP contribution in [0.25, 0.3) is 0 Å². The molecule has 0 atom stereocenters. The summed E-state index contributed by atoms with van der Waals surface area (Å²) in [5.41, 5.74) is 0.824. The highest BCUT2D eigenvalue weighted by Gasteiger charge is 2.03. The van der Waals surface area contributed by atoms with Gasteiger partial charge in [-0.3, -0.25) is 4.79 Å². The van der Waals surface area contributed by atoms with Crippen LogP contribution in [0.2, 0.25) is 0 Å². The Morgan fingerprint density at radius 3 is 2.17 bits per heavy atom. The zero-order chi connectivity index (χ0) is 17.1. The molecule has 2 amide bonds. The average Bonchev–Trinajstić information content (AvgIpc) is 2.55. The van der Waals surface area contributed by atoms with E-state index in [1.54, 1.807) is 20.3 Å². The van der Waals surface area contributed by atoms with Crippen LogP contribution in [-0.2, 0) is 4.79 Å². The van der Waals surface area contributed by atoms with E-state index in [2.05, 4.69) is 16.0 Å². The van der Waals surface area contributed by atoms with Crippen molar-refractivity contribution in [1.29, 1.82) is 0 Å². The molecule has 0 bridgehead atoms. The molecule has 0 saturated heterocycles. The number of hydrogen-bond donors (Lipinski definition) is 4. The summed E-state index contributed by atoms with van der Waals surface area (Å²) in [7, 11) is 3.16. The third kappa shape index (κ3) is 7.79. The molecule has 128 valence electrons. The fourth-order valence-corrected chi connectivity index (χ4v) is 1.80. The number of carbonyl (C=O) groups is 2. The van der Waals surface area contributed by atoms with Crippen molar-refractivity contribution in [2.45, 2.75) is 12.8 Å². The highest BCUT2D eigenvalue weighted by molar-refractivity contribution is 5.74. The number of amides is 2. The number of methoxy groups -OCH3 is 2. The number of hydrogen-bond acceptors (Lipinski definition) is 5. The minimum Gasteiger partial charge on any atom is -0.497 e. The van der Waals surface area contributed by atoms with E-state index >= 15 is 0 Å². The number of rotatable bonds is 10. The monoisotopic (exact) mass is 325 g/mol. The number of carboxylic acid groups (broad SMARTS) is 1. The Kier molecular flexibility index (Phi) is 8.12. The summed E-state index contributed by atoms with van der Waals surface area (Å²) in [5.74, 6) is 0.483. The number of ether oxygens (including phenoxy) is 2. The maximum absolute atomic E-state index is 11.5. The predicted octanol–water partition coefficient (Wildman–Crippen LogP) is 1.28. The van der Waals surface area contributed by atoms with Crippen molar-refractivity contribution in [3.05, 3.63) is 18.2 Å². The van der Waals surface area contributed by atoms with Gasteiger partial charge in [0.1, 0.15) is 11.5 Å². The number of aliphatic carboxylic acids is 1. The van der Waals surface area contributed by atoms with Gasteiger partial charge in [-0.15, -0.1) is 0 Å². The van der Waals surface area contributed by atoms with Crippen molar-refractivity contribution in [2.24, 2.45) is 0 Å². The topological polar surface area (TPSA) is 109 Å².